The minimum Gasteiger partial charge on any atom is -0.491 e. The fourth-order valence-corrected chi connectivity index (χ4v) is 5.84. The lowest BCUT2D eigenvalue weighted by Crippen LogP contribution is -1.97. The molecule has 43 heavy (non-hydrogen) atoms. The highest BCUT2D eigenvalue weighted by Crippen LogP contribution is 2.36. The summed E-state index contributed by atoms with van der Waals surface area (Å²) in [5.74, 6) is 0.838. The number of benzene rings is 1. The molecule has 0 amide bonds. The minimum atomic E-state index is 0.675. The van der Waals surface area contributed by atoms with Crippen LogP contribution in [-0.4, -0.2) is 26.5 Å². The minimum absolute atomic E-state index is 0.675. The number of rotatable bonds is 13. The summed E-state index contributed by atoms with van der Waals surface area (Å²) in [7, 11) is 0. The number of fused-ring (bicyclic) bond motifs is 8. The number of aromatic amines is 2. The van der Waals surface area contributed by atoms with Gasteiger partial charge in [0.15, 0.2) is 5.76 Å². The van der Waals surface area contributed by atoms with Gasteiger partial charge in [0.25, 0.3) is 0 Å². The summed E-state index contributed by atoms with van der Waals surface area (Å²) >= 11 is 0. The summed E-state index contributed by atoms with van der Waals surface area (Å²) in [5.41, 5.74) is 9.65. The van der Waals surface area contributed by atoms with Crippen molar-refractivity contribution in [3.63, 3.8) is 0 Å². The van der Waals surface area contributed by atoms with Crippen LogP contribution < -0.4 is 0 Å². The first-order valence-corrected chi connectivity index (χ1v) is 16.0. The fraction of sp³-hybridized carbons (Fsp3) is 0.316. The summed E-state index contributed by atoms with van der Waals surface area (Å²) in [4.78, 5) is 17.0. The van der Waals surface area contributed by atoms with E-state index in [1.807, 2.05) is 18.2 Å². The molecule has 0 saturated carbocycles. The average molecular weight is 571 g/mol. The van der Waals surface area contributed by atoms with Crippen molar-refractivity contribution in [3.8, 4) is 0 Å². The predicted molar refractivity (Wildman–Crippen MR) is 180 cm³/mol. The van der Waals surface area contributed by atoms with E-state index >= 15 is 0 Å². The van der Waals surface area contributed by atoms with Crippen molar-refractivity contribution >= 4 is 45.6 Å². The standard InChI is InChI=1S/C38H42N4O/c1-2-3-4-5-6-7-8-9-10-14-23-43-38-36-27-34-22-20-32(41-34)25-30-18-17-29(39-30)24-31-19-21-33(40-31)26-35(42-36)37(38)28-15-12-11-13-16-28/h11-13,15-22,24-27,39,41H,2-10,14,23H2,1H3. The maximum atomic E-state index is 6.63. The van der Waals surface area contributed by atoms with E-state index in [9.17, 15) is 0 Å². The van der Waals surface area contributed by atoms with Crippen molar-refractivity contribution in [3.05, 3.63) is 107 Å². The molecule has 0 saturated heterocycles. The molecule has 3 aromatic heterocycles. The molecule has 1 aromatic carbocycles. The van der Waals surface area contributed by atoms with Crippen LogP contribution in [0.1, 0.15) is 99.5 Å². The van der Waals surface area contributed by atoms with Gasteiger partial charge in [0.1, 0.15) is 5.69 Å². The number of aromatic nitrogens is 4. The predicted octanol–water partition coefficient (Wildman–Crippen LogP) is 10.3. The first-order chi connectivity index (χ1) is 21.2. The molecule has 0 atom stereocenters. The fourth-order valence-electron chi connectivity index (χ4n) is 5.84. The van der Waals surface area contributed by atoms with Crippen molar-refractivity contribution in [2.45, 2.75) is 71.1 Å². The van der Waals surface area contributed by atoms with Crippen LogP contribution in [0.15, 0.2) is 78.9 Å². The molecule has 0 fully saturated rings. The van der Waals surface area contributed by atoms with Gasteiger partial charge in [0.05, 0.1) is 29.3 Å². The molecule has 8 bridgehead atoms. The largest absolute Gasteiger partial charge is 0.491 e. The molecular formula is C38H42N4O. The summed E-state index contributed by atoms with van der Waals surface area (Å²) in [5, 5.41) is 0. The highest BCUT2D eigenvalue weighted by atomic mass is 16.5. The van der Waals surface area contributed by atoms with Gasteiger partial charge in [-0.3, -0.25) is 0 Å². The zero-order chi connectivity index (χ0) is 29.3. The highest BCUT2D eigenvalue weighted by Gasteiger charge is 2.23. The highest BCUT2D eigenvalue weighted by molar-refractivity contribution is 5.98. The molecule has 5 nitrogen and oxygen atoms in total. The van der Waals surface area contributed by atoms with Crippen LogP contribution >= 0.6 is 0 Å². The van der Waals surface area contributed by atoms with Crippen molar-refractivity contribution in [2.24, 2.45) is 0 Å². The van der Waals surface area contributed by atoms with Gasteiger partial charge >= 0.3 is 0 Å². The molecule has 0 spiro atoms. The van der Waals surface area contributed by atoms with Gasteiger partial charge in [-0.2, -0.15) is 0 Å². The summed E-state index contributed by atoms with van der Waals surface area (Å²) in [6, 6.07) is 27.2. The van der Waals surface area contributed by atoms with Gasteiger partial charge in [-0.1, -0.05) is 95.0 Å². The van der Waals surface area contributed by atoms with Crippen LogP contribution in [0.3, 0.4) is 0 Å². The Morgan fingerprint density at radius 2 is 1.14 bits per heavy atom. The monoisotopic (exact) mass is 570 g/mol. The Balaban J connectivity index is 1.30. The van der Waals surface area contributed by atoms with E-state index in [1.54, 1.807) is 0 Å². The van der Waals surface area contributed by atoms with Crippen molar-refractivity contribution in [2.75, 3.05) is 6.61 Å². The molecule has 0 unspecified atom stereocenters. The van der Waals surface area contributed by atoms with Gasteiger partial charge in [-0.25, -0.2) is 9.97 Å². The summed E-state index contributed by atoms with van der Waals surface area (Å²) < 4.78 is 6.63. The summed E-state index contributed by atoms with van der Waals surface area (Å²) in [6.07, 6.45) is 17.1. The van der Waals surface area contributed by atoms with E-state index < -0.39 is 0 Å². The number of ether oxygens (including phenoxy) is 1. The van der Waals surface area contributed by atoms with E-state index in [4.69, 9.17) is 14.7 Å². The van der Waals surface area contributed by atoms with Gasteiger partial charge in [-0.15, -0.1) is 0 Å². The SMILES string of the molecule is CCCCCCCCCCCCOC1=C(c2ccccc2)c2cc3nc(cc4ccc(cc5ccc(cc1n2)[nH]5)[nH]4)C=C3. The van der Waals surface area contributed by atoms with Crippen LogP contribution in [0.5, 0.6) is 0 Å². The molecule has 0 aliphatic carbocycles. The zero-order valence-corrected chi connectivity index (χ0v) is 25.2. The lowest BCUT2D eigenvalue weighted by atomic mass is 10.0. The third kappa shape index (κ3) is 7.53. The van der Waals surface area contributed by atoms with Gasteiger partial charge in [0, 0.05) is 22.1 Å². The number of hydrogen-bond acceptors (Lipinski definition) is 3. The molecule has 5 heterocycles. The second-order valence-electron chi connectivity index (χ2n) is 11.6. The maximum absolute atomic E-state index is 6.63. The van der Waals surface area contributed by atoms with Crippen LogP contribution in [0.25, 0.3) is 45.6 Å². The van der Waals surface area contributed by atoms with E-state index in [-0.39, 0.29) is 0 Å². The van der Waals surface area contributed by atoms with Crippen molar-refractivity contribution in [1.29, 1.82) is 0 Å². The molecule has 4 aromatic rings. The average Bonchev–Trinajstić information content (AvgIpc) is 3.82. The van der Waals surface area contributed by atoms with Gasteiger partial charge < -0.3 is 14.7 Å². The third-order valence-corrected chi connectivity index (χ3v) is 8.10. The van der Waals surface area contributed by atoms with E-state index in [0.717, 1.165) is 68.2 Å². The number of unbranched alkanes of at least 4 members (excludes halogenated alkanes) is 9. The Morgan fingerprint density at radius 3 is 1.81 bits per heavy atom. The third-order valence-electron chi connectivity index (χ3n) is 8.10. The summed E-state index contributed by atoms with van der Waals surface area (Å²) in [6.45, 7) is 2.95. The van der Waals surface area contributed by atoms with Crippen molar-refractivity contribution < 1.29 is 4.74 Å². The zero-order valence-electron chi connectivity index (χ0n) is 25.2. The topological polar surface area (TPSA) is 66.6 Å². The lowest BCUT2D eigenvalue weighted by molar-refractivity contribution is 0.267. The van der Waals surface area contributed by atoms with Gasteiger partial charge in [-0.05, 0) is 72.7 Å². The van der Waals surface area contributed by atoms with E-state index in [1.165, 1.54) is 57.8 Å². The molecule has 5 heteroatoms. The Labute approximate surface area is 254 Å². The number of hydrogen-bond donors (Lipinski definition) is 2. The molecule has 2 aliphatic rings. The smallest absolute Gasteiger partial charge is 0.154 e. The Kier molecular flexibility index (Phi) is 9.48. The number of H-pyrrole nitrogens is 2. The van der Waals surface area contributed by atoms with Crippen LogP contribution in [-0.2, 0) is 4.74 Å². The second-order valence-corrected chi connectivity index (χ2v) is 11.6. The molecule has 0 radical (unpaired) electrons. The number of nitrogens with one attached hydrogen (secondary N) is 2. The van der Waals surface area contributed by atoms with E-state index in [2.05, 4.69) is 89.7 Å². The normalized spacial score (nSPS) is 12.7. The first kappa shape index (κ1) is 28.7. The van der Waals surface area contributed by atoms with Crippen molar-refractivity contribution in [1.82, 2.24) is 19.9 Å². The lowest BCUT2D eigenvalue weighted by Gasteiger charge is -2.11. The Bertz CT molecular complexity index is 1740. The van der Waals surface area contributed by atoms with Crippen LogP contribution in [0.2, 0.25) is 0 Å². The number of nitrogens with zero attached hydrogens (tertiary/aromatic N) is 2. The van der Waals surface area contributed by atoms with E-state index in [0.29, 0.717) is 6.61 Å². The quantitative estimate of drug-likeness (QED) is 0.138. The van der Waals surface area contributed by atoms with Crippen LogP contribution in [0, 0.1) is 0 Å². The van der Waals surface area contributed by atoms with Gasteiger partial charge in [0.2, 0.25) is 0 Å². The molecule has 220 valence electrons. The molecule has 2 N–H and O–H groups in total. The molecular weight excluding hydrogens is 528 g/mol. The Hall–Kier alpha value is -4.38. The second kappa shape index (κ2) is 14.2. The Morgan fingerprint density at radius 1 is 0.558 bits per heavy atom. The first-order valence-electron chi connectivity index (χ1n) is 16.0. The molecule has 2 aliphatic heterocycles. The maximum Gasteiger partial charge on any atom is 0.154 e. The molecule has 6 rings (SSSR count). The van der Waals surface area contributed by atoms with Crippen LogP contribution in [0.4, 0.5) is 0 Å².